The van der Waals surface area contributed by atoms with Gasteiger partial charge in [-0.3, -0.25) is 0 Å². The van der Waals surface area contributed by atoms with Gasteiger partial charge in [-0.15, -0.1) is 0 Å². The van der Waals surface area contributed by atoms with Crippen LogP contribution in [0.4, 0.5) is 15.0 Å². The molecule has 2 fully saturated rings. The van der Waals surface area contributed by atoms with E-state index in [4.69, 9.17) is 24.3 Å². The molecule has 0 aliphatic carbocycles. The minimum absolute atomic E-state index is 0.0745. The lowest BCUT2D eigenvalue weighted by atomic mass is 9.88. The van der Waals surface area contributed by atoms with Gasteiger partial charge in [-0.25, -0.2) is 14.2 Å². The number of ether oxygens (including phenoxy) is 3. The summed E-state index contributed by atoms with van der Waals surface area (Å²) in [5.74, 6) is 0.431. The van der Waals surface area contributed by atoms with Gasteiger partial charge in [-0.2, -0.15) is 9.61 Å². The lowest BCUT2D eigenvalue weighted by Gasteiger charge is -2.39. The van der Waals surface area contributed by atoms with Crippen LogP contribution in [0.1, 0.15) is 63.6 Å². The Hall–Kier alpha value is -2.85. The molecule has 3 atom stereocenters. The number of fused-ring (bicyclic) bond motifs is 3. The first-order chi connectivity index (χ1) is 23.4. The molecule has 3 aromatic rings. The number of aliphatic hydroxyl groups excluding tert-OH is 1. The van der Waals surface area contributed by atoms with Crippen LogP contribution in [0, 0.1) is 5.82 Å². The molecule has 2 aliphatic heterocycles. The molecule has 1 amide bonds. The van der Waals surface area contributed by atoms with Crippen LogP contribution < -0.4 is 4.90 Å². The summed E-state index contributed by atoms with van der Waals surface area (Å²) in [4.78, 5) is 22.5. The fourth-order valence-electron chi connectivity index (χ4n) is 6.75. The predicted octanol–water partition coefficient (Wildman–Crippen LogP) is 8.10. The fraction of sp³-hybridized carbons (Fsp3) is 0.649. The Labute approximate surface area is 299 Å². The Morgan fingerprint density at radius 1 is 0.980 bits per heavy atom. The third kappa shape index (κ3) is 9.72. The molecule has 13 heteroatoms. The molecule has 4 heterocycles. The molecule has 1 N–H and O–H groups in total. The van der Waals surface area contributed by atoms with Crippen LogP contribution >= 0.6 is 0 Å². The monoisotopic (exact) mass is 727 g/mol. The molecule has 0 unspecified atom stereocenters. The number of hydrogen-bond acceptors (Lipinski definition) is 8. The van der Waals surface area contributed by atoms with Crippen LogP contribution in [0.2, 0.25) is 51.4 Å². The molecular weight excluding hydrogens is 670 g/mol. The van der Waals surface area contributed by atoms with Crippen LogP contribution in [-0.2, 0) is 20.8 Å². The summed E-state index contributed by atoms with van der Waals surface area (Å²) in [6.07, 6.45) is 4.92. The van der Waals surface area contributed by atoms with E-state index in [1.165, 1.54) is 6.07 Å². The van der Waals surface area contributed by atoms with E-state index in [1.54, 1.807) is 18.3 Å². The molecule has 2 bridgehead atoms. The van der Waals surface area contributed by atoms with Crippen molar-refractivity contribution in [2.75, 3.05) is 31.6 Å². The molecule has 50 heavy (non-hydrogen) atoms. The Kier molecular flexibility index (Phi) is 11.8. The van der Waals surface area contributed by atoms with Crippen molar-refractivity contribution in [2.24, 2.45) is 0 Å². The Morgan fingerprint density at radius 3 is 2.10 bits per heavy atom. The van der Waals surface area contributed by atoms with Crippen molar-refractivity contribution in [2.45, 2.75) is 128 Å². The highest BCUT2D eigenvalue weighted by molar-refractivity contribution is 6.76. The zero-order chi connectivity index (χ0) is 36.4. The number of aliphatic hydroxyl groups is 1. The second kappa shape index (κ2) is 15.4. The number of benzene rings is 1. The van der Waals surface area contributed by atoms with Crippen molar-refractivity contribution in [3.05, 3.63) is 47.5 Å². The second-order valence-corrected chi connectivity index (χ2v) is 28.7. The van der Waals surface area contributed by atoms with Crippen molar-refractivity contribution in [1.82, 2.24) is 19.5 Å². The predicted molar refractivity (Wildman–Crippen MR) is 202 cm³/mol. The first-order valence-corrected chi connectivity index (χ1v) is 25.5. The number of carbonyl (C=O) groups excluding carboxylic acids is 1. The number of aromatic nitrogens is 3. The zero-order valence-electron chi connectivity index (χ0n) is 31.6. The van der Waals surface area contributed by atoms with Crippen molar-refractivity contribution in [3.63, 3.8) is 0 Å². The number of anilines is 1. The highest BCUT2D eigenvalue weighted by Crippen LogP contribution is 2.44. The van der Waals surface area contributed by atoms with E-state index in [0.29, 0.717) is 43.4 Å². The van der Waals surface area contributed by atoms with E-state index in [0.717, 1.165) is 49.3 Å². The lowest BCUT2D eigenvalue weighted by Crippen LogP contribution is -2.48. The van der Waals surface area contributed by atoms with Gasteiger partial charge in [0.15, 0.2) is 5.65 Å². The summed E-state index contributed by atoms with van der Waals surface area (Å²) in [7, 11) is -2.59. The SMILES string of the molecule is CC(C)(C)OC(=O)N1[C@@H]2CC[C@H]1C[C@@H](c1cc(N(COCC[Si](C)(C)C)COCC[Si](C)(C)C)n3ncc(-c4ccc(CO)c(F)c4)c3n1)C2. The highest BCUT2D eigenvalue weighted by atomic mass is 28.3. The van der Waals surface area contributed by atoms with Gasteiger partial charge in [0.05, 0.1) is 12.8 Å². The summed E-state index contributed by atoms with van der Waals surface area (Å²) in [6.45, 7) is 21.4. The standard InChI is InChI=1S/C37H58FN5O5Si2/c1-37(2,3)48-36(45)42-29-12-13-30(42)19-28(18-29)33-21-34(41(24-46-14-16-49(4,5)6)25-47-15-17-50(7,8)9)43-35(40-33)31(22-39-43)26-10-11-27(23-44)32(38)20-26/h10-11,20-22,28-30,44H,12-19,23-25H2,1-9H3/t28-,29+,30-. The number of nitrogens with zero attached hydrogens (tertiary/aromatic N) is 5. The van der Waals surface area contributed by atoms with E-state index >= 15 is 0 Å². The lowest BCUT2D eigenvalue weighted by molar-refractivity contribution is 0.00568. The molecule has 0 radical (unpaired) electrons. The number of piperidine rings is 1. The molecule has 2 aromatic heterocycles. The number of carbonyl (C=O) groups is 1. The van der Waals surface area contributed by atoms with Crippen molar-refractivity contribution >= 4 is 33.7 Å². The summed E-state index contributed by atoms with van der Waals surface area (Å²) in [5.41, 5.74) is 2.55. The maximum atomic E-state index is 14.9. The van der Waals surface area contributed by atoms with E-state index < -0.39 is 27.6 Å². The van der Waals surface area contributed by atoms with Crippen molar-refractivity contribution in [3.8, 4) is 11.1 Å². The first-order valence-electron chi connectivity index (χ1n) is 18.1. The van der Waals surface area contributed by atoms with Crippen LogP contribution in [0.25, 0.3) is 16.8 Å². The minimum Gasteiger partial charge on any atom is -0.444 e. The van der Waals surface area contributed by atoms with Gasteiger partial charge in [-0.1, -0.05) is 51.4 Å². The molecule has 5 rings (SSSR count). The van der Waals surface area contributed by atoms with E-state index in [2.05, 4.69) is 50.2 Å². The zero-order valence-corrected chi connectivity index (χ0v) is 33.6. The van der Waals surface area contributed by atoms with E-state index in [1.807, 2.05) is 30.2 Å². The van der Waals surface area contributed by atoms with Crippen LogP contribution in [0.5, 0.6) is 0 Å². The molecule has 0 saturated carbocycles. The van der Waals surface area contributed by atoms with Gasteiger partial charge in [0.2, 0.25) is 0 Å². The maximum Gasteiger partial charge on any atom is 0.410 e. The smallest absolute Gasteiger partial charge is 0.410 e. The van der Waals surface area contributed by atoms with Crippen LogP contribution in [0.3, 0.4) is 0 Å². The molecule has 10 nitrogen and oxygen atoms in total. The average molecular weight is 728 g/mol. The highest BCUT2D eigenvalue weighted by Gasteiger charge is 2.45. The average Bonchev–Trinajstić information content (AvgIpc) is 3.56. The topological polar surface area (TPSA) is 102 Å². The number of rotatable bonds is 14. The normalized spacial score (nSPS) is 19.7. The van der Waals surface area contributed by atoms with Crippen molar-refractivity contribution in [1.29, 1.82) is 0 Å². The van der Waals surface area contributed by atoms with Gasteiger partial charge in [-0.05, 0) is 70.2 Å². The van der Waals surface area contributed by atoms with Gasteiger partial charge in [0.1, 0.15) is 30.7 Å². The van der Waals surface area contributed by atoms with Crippen LogP contribution in [0.15, 0.2) is 30.5 Å². The summed E-state index contributed by atoms with van der Waals surface area (Å²) in [5, 5.41) is 14.4. The molecule has 1 aromatic carbocycles. The Morgan fingerprint density at radius 2 is 1.58 bits per heavy atom. The van der Waals surface area contributed by atoms with Crippen molar-refractivity contribution < 1.29 is 28.5 Å². The van der Waals surface area contributed by atoms with Gasteiger partial charge in [0, 0.05) is 70.3 Å². The summed E-state index contributed by atoms with van der Waals surface area (Å²) < 4.78 is 35.2. The fourth-order valence-corrected chi connectivity index (χ4v) is 8.27. The third-order valence-electron chi connectivity index (χ3n) is 9.57. The number of amides is 1. The van der Waals surface area contributed by atoms with Gasteiger partial charge in [0.25, 0.3) is 0 Å². The summed E-state index contributed by atoms with van der Waals surface area (Å²) in [6, 6.07) is 9.20. The number of halogens is 1. The van der Waals surface area contributed by atoms with Gasteiger partial charge >= 0.3 is 6.09 Å². The molecule has 2 saturated heterocycles. The molecular formula is C37H58FN5O5Si2. The summed E-state index contributed by atoms with van der Waals surface area (Å²) >= 11 is 0. The van der Waals surface area contributed by atoms with Crippen LogP contribution in [-0.4, -0.2) is 91.2 Å². The molecule has 276 valence electrons. The Balaban J connectivity index is 1.53. The Bertz CT molecular complexity index is 1600. The maximum absolute atomic E-state index is 14.9. The second-order valence-electron chi connectivity index (χ2n) is 17.5. The largest absolute Gasteiger partial charge is 0.444 e. The quantitative estimate of drug-likeness (QED) is 0.101. The van der Waals surface area contributed by atoms with Gasteiger partial charge < -0.3 is 29.1 Å². The minimum atomic E-state index is -1.30. The molecule has 2 aliphatic rings. The number of hydrogen-bond donors (Lipinski definition) is 1. The third-order valence-corrected chi connectivity index (χ3v) is 13.0. The first kappa shape index (κ1) is 38.4. The van der Waals surface area contributed by atoms with E-state index in [-0.39, 0.29) is 36.3 Å². The molecule has 0 spiro atoms. The van der Waals surface area contributed by atoms with E-state index in [9.17, 15) is 14.3 Å².